The van der Waals surface area contributed by atoms with E-state index in [1.165, 1.54) is 6.92 Å². The zero-order chi connectivity index (χ0) is 10.5. The lowest BCUT2D eigenvalue weighted by Crippen LogP contribution is -2.30. The van der Waals surface area contributed by atoms with Crippen molar-refractivity contribution >= 4 is 5.97 Å². The maximum Gasteiger partial charge on any atom is 0.306 e. The fourth-order valence-electron chi connectivity index (χ4n) is 1.23. The van der Waals surface area contributed by atoms with Gasteiger partial charge in [0.1, 0.15) is 0 Å². The van der Waals surface area contributed by atoms with Crippen LogP contribution in [0.5, 0.6) is 0 Å². The summed E-state index contributed by atoms with van der Waals surface area (Å²) in [6.07, 6.45) is 2.11. The minimum atomic E-state index is -1.88. The van der Waals surface area contributed by atoms with Crippen LogP contribution < -0.4 is 0 Å². The molecule has 0 aromatic heterocycles. The van der Waals surface area contributed by atoms with Gasteiger partial charge in [0.15, 0.2) is 5.79 Å². The normalized spacial score (nSPS) is 14.2. The molecule has 0 aliphatic carbocycles. The van der Waals surface area contributed by atoms with Crippen molar-refractivity contribution < 1.29 is 20.1 Å². The highest BCUT2D eigenvalue weighted by molar-refractivity contribution is 5.69. The topological polar surface area (TPSA) is 77.8 Å². The molecule has 0 radical (unpaired) electrons. The molecule has 3 N–H and O–H groups in total. The van der Waals surface area contributed by atoms with Gasteiger partial charge in [0.25, 0.3) is 0 Å². The summed E-state index contributed by atoms with van der Waals surface area (Å²) >= 11 is 0. The zero-order valence-corrected chi connectivity index (χ0v) is 8.16. The van der Waals surface area contributed by atoms with Crippen molar-refractivity contribution in [3.8, 4) is 0 Å². The van der Waals surface area contributed by atoms with E-state index in [1.807, 2.05) is 6.92 Å². The molecular formula is C9H18O4. The van der Waals surface area contributed by atoms with Crippen LogP contribution in [0, 0.1) is 5.92 Å². The van der Waals surface area contributed by atoms with Crippen molar-refractivity contribution in [1.82, 2.24) is 0 Å². The van der Waals surface area contributed by atoms with Crippen molar-refractivity contribution in [3.05, 3.63) is 0 Å². The van der Waals surface area contributed by atoms with E-state index in [4.69, 9.17) is 15.3 Å². The van der Waals surface area contributed by atoms with Crippen molar-refractivity contribution in [1.29, 1.82) is 0 Å². The van der Waals surface area contributed by atoms with Gasteiger partial charge >= 0.3 is 5.97 Å². The summed E-state index contributed by atoms with van der Waals surface area (Å²) < 4.78 is 0. The first-order valence-electron chi connectivity index (χ1n) is 4.54. The average molecular weight is 190 g/mol. The number of hydrogen-bond acceptors (Lipinski definition) is 3. The summed E-state index contributed by atoms with van der Waals surface area (Å²) in [6, 6.07) is 0. The van der Waals surface area contributed by atoms with E-state index < -0.39 is 17.7 Å². The standard InChI is InChI=1S/C9H18O4/c1-3-4-5-7(8(10)11)6-9(2,12)13/h7,12-13H,3-6H2,1-2H3,(H,10,11). The maximum absolute atomic E-state index is 10.7. The molecule has 0 amide bonds. The van der Waals surface area contributed by atoms with Gasteiger partial charge in [-0.25, -0.2) is 0 Å². The van der Waals surface area contributed by atoms with Gasteiger partial charge in [-0.1, -0.05) is 19.8 Å². The van der Waals surface area contributed by atoms with Gasteiger partial charge in [0.05, 0.1) is 5.92 Å². The van der Waals surface area contributed by atoms with Gasteiger partial charge in [-0.15, -0.1) is 0 Å². The molecule has 4 heteroatoms. The minimum Gasteiger partial charge on any atom is -0.481 e. The Bertz CT molecular complexity index is 159. The van der Waals surface area contributed by atoms with Gasteiger partial charge in [-0.2, -0.15) is 0 Å². The number of unbranched alkanes of at least 4 members (excludes halogenated alkanes) is 1. The first-order chi connectivity index (χ1) is 5.87. The van der Waals surface area contributed by atoms with Gasteiger partial charge in [0.2, 0.25) is 0 Å². The Morgan fingerprint density at radius 2 is 2.00 bits per heavy atom. The number of carboxylic acids is 1. The summed E-state index contributed by atoms with van der Waals surface area (Å²) in [5.41, 5.74) is 0. The van der Waals surface area contributed by atoms with Gasteiger partial charge in [-0.3, -0.25) is 4.79 Å². The molecule has 0 aliphatic heterocycles. The van der Waals surface area contributed by atoms with Crippen LogP contribution in [-0.2, 0) is 4.79 Å². The average Bonchev–Trinajstić information content (AvgIpc) is 1.95. The molecule has 0 saturated carbocycles. The first kappa shape index (κ1) is 12.4. The van der Waals surface area contributed by atoms with Crippen molar-refractivity contribution in [2.24, 2.45) is 5.92 Å². The van der Waals surface area contributed by atoms with Crippen LogP contribution in [0.25, 0.3) is 0 Å². The smallest absolute Gasteiger partial charge is 0.306 e. The molecule has 0 spiro atoms. The quantitative estimate of drug-likeness (QED) is 0.545. The Labute approximate surface area is 78.2 Å². The third-order valence-electron chi connectivity index (χ3n) is 1.89. The van der Waals surface area contributed by atoms with E-state index in [1.54, 1.807) is 0 Å². The predicted octanol–water partition coefficient (Wildman–Crippen LogP) is 0.968. The van der Waals surface area contributed by atoms with E-state index in [9.17, 15) is 4.79 Å². The predicted molar refractivity (Wildman–Crippen MR) is 48.1 cm³/mol. The molecule has 0 aromatic carbocycles. The first-order valence-corrected chi connectivity index (χ1v) is 4.54. The third kappa shape index (κ3) is 6.54. The number of hydrogen-bond donors (Lipinski definition) is 3. The van der Waals surface area contributed by atoms with Crippen LogP contribution in [0.1, 0.15) is 39.5 Å². The van der Waals surface area contributed by atoms with Crippen LogP contribution in [0.2, 0.25) is 0 Å². The molecule has 0 heterocycles. The fourth-order valence-corrected chi connectivity index (χ4v) is 1.23. The molecule has 0 aliphatic rings. The van der Waals surface area contributed by atoms with Gasteiger partial charge < -0.3 is 15.3 Å². The van der Waals surface area contributed by atoms with E-state index in [0.717, 1.165) is 12.8 Å². The Kier molecular flexibility index (Phi) is 4.95. The number of carbonyl (C=O) groups is 1. The minimum absolute atomic E-state index is 0.109. The second kappa shape index (κ2) is 5.19. The summed E-state index contributed by atoms with van der Waals surface area (Å²) in [4.78, 5) is 10.7. The monoisotopic (exact) mass is 190 g/mol. The Morgan fingerprint density at radius 3 is 2.31 bits per heavy atom. The van der Waals surface area contributed by atoms with Gasteiger partial charge in [-0.05, 0) is 13.3 Å². The summed E-state index contributed by atoms with van der Waals surface area (Å²) in [5, 5.41) is 26.8. The molecule has 13 heavy (non-hydrogen) atoms. The van der Waals surface area contributed by atoms with Crippen LogP contribution in [-0.4, -0.2) is 27.1 Å². The second-order valence-corrected chi connectivity index (χ2v) is 3.60. The van der Waals surface area contributed by atoms with Crippen molar-refractivity contribution in [2.75, 3.05) is 0 Å². The van der Waals surface area contributed by atoms with Crippen LogP contribution in [0.15, 0.2) is 0 Å². The number of carboxylic acid groups (broad SMARTS) is 1. The highest BCUT2D eigenvalue weighted by Crippen LogP contribution is 2.19. The number of rotatable bonds is 6. The van der Waals surface area contributed by atoms with E-state index in [0.29, 0.717) is 6.42 Å². The largest absolute Gasteiger partial charge is 0.481 e. The highest BCUT2D eigenvalue weighted by atomic mass is 16.5. The molecule has 0 saturated heterocycles. The maximum atomic E-state index is 10.7. The Hall–Kier alpha value is -0.610. The molecule has 4 nitrogen and oxygen atoms in total. The van der Waals surface area contributed by atoms with Crippen LogP contribution in [0.3, 0.4) is 0 Å². The molecule has 0 aromatic rings. The number of aliphatic carboxylic acids is 1. The lowest BCUT2D eigenvalue weighted by Gasteiger charge is -2.20. The zero-order valence-electron chi connectivity index (χ0n) is 8.16. The van der Waals surface area contributed by atoms with E-state index in [-0.39, 0.29) is 6.42 Å². The molecule has 78 valence electrons. The van der Waals surface area contributed by atoms with E-state index in [2.05, 4.69) is 0 Å². The summed E-state index contributed by atoms with van der Waals surface area (Å²) in [6.45, 7) is 3.17. The highest BCUT2D eigenvalue weighted by Gasteiger charge is 2.26. The molecule has 0 rings (SSSR count). The van der Waals surface area contributed by atoms with Crippen molar-refractivity contribution in [2.45, 2.75) is 45.3 Å². The SMILES string of the molecule is CCCCC(CC(C)(O)O)C(=O)O. The molecule has 1 atom stereocenters. The number of aliphatic hydroxyl groups is 2. The molecule has 0 bridgehead atoms. The summed E-state index contributed by atoms with van der Waals surface area (Å²) in [7, 11) is 0. The second-order valence-electron chi connectivity index (χ2n) is 3.60. The fraction of sp³-hybridized carbons (Fsp3) is 0.889. The lowest BCUT2D eigenvalue weighted by molar-refractivity contribution is -0.170. The van der Waals surface area contributed by atoms with E-state index >= 15 is 0 Å². The van der Waals surface area contributed by atoms with Crippen LogP contribution in [0.4, 0.5) is 0 Å². The Morgan fingerprint density at radius 1 is 1.46 bits per heavy atom. The third-order valence-corrected chi connectivity index (χ3v) is 1.89. The Balaban J connectivity index is 4.03. The molecular weight excluding hydrogens is 172 g/mol. The summed E-state index contributed by atoms with van der Waals surface area (Å²) in [5.74, 6) is -3.49. The molecule has 0 fully saturated rings. The van der Waals surface area contributed by atoms with Crippen molar-refractivity contribution in [3.63, 3.8) is 0 Å². The lowest BCUT2D eigenvalue weighted by atomic mass is 9.95. The van der Waals surface area contributed by atoms with Gasteiger partial charge in [0, 0.05) is 6.42 Å². The molecule has 1 unspecified atom stereocenters. The van der Waals surface area contributed by atoms with Crippen LogP contribution >= 0.6 is 0 Å².